The molecule has 0 atom stereocenters. The van der Waals surface area contributed by atoms with Crippen molar-refractivity contribution in [3.05, 3.63) is 43.5 Å². The predicted molar refractivity (Wildman–Crippen MR) is 83.8 cm³/mol. The molecule has 0 amide bonds. The highest BCUT2D eigenvalue weighted by atomic mass is 127. The second-order valence-electron chi connectivity index (χ2n) is 3.34. The SMILES string of the molecule is Nc1cc(Br)cnc1Nc1cc(I)ccc1Cl. The van der Waals surface area contributed by atoms with Crippen LogP contribution in [0.3, 0.4) is 0 Å². The summed E-state index contributed by atoms with van der Waals surface area (Å²) in [6.45, 7) is 0. The third-order valence-corrected chi connectivity index (χ3v) is 3.50. The second-order valence-corrected chi connectivity index (χ2v) is 5.91. The maximum absolute atomic E-state index is 6.09. The van der Waals surface area contributed by atoms with Crippen molar-refractivity contribution in [3.63, 3.8) is 0 Å². The fourth-order valence-corrected chi connectivity index (χ4v) is 2.29. The molecule has 0 aliphatic carbocycles. The molecule has 0 aliphatic rings. The fourth-order valence-electron chi connectivity index (χ4n) is 1.28. The molecule has 88 valence electrons. The van der Waals surface area contributed by atoms with Gasteiger partial charge < -0.3 is 11.1 Å². The molecule has 2 aromatic rings. The van der Waals surface area contributed by atoms with Gasteiger partial charge in [-0.05, 0) is 62.8 Å². The van der Waals surface area contributed by atoms with Gasteiger partial charge in [-0.2, -0.15) is 0 Å². The van der Waals surface area contributed by atoms with E-state index in [-0.39, 0.29) is 0 Å². The number of nitrogen functional groups attached to an aromatic ring is 1. The molecule has 0 fully saturated rings. The highest BCUT2D eigenvalue weighted by Gasteiger charge is 2.05. The molecule has 0 saturated heterocycles. The van der Waals surface area contributed by atoms with Gasteiger partial charge in [-0.1, -0.05) is 11.6 Å². The molecule has 0 saturated carbocycles. The zero-order chi connectivity index (χ0) is 12.4. The van der Waals surface area contributed by atoms with Gasteiger partial charge in [0.2, 0.25) is 0 Å². The van der Waals surface area contributed by atoms with Crippen LogP contribution in [0.1, 0.15) is 0 Å². The van der Waals surface area contributed by atoms with E-state index in [9.17, 15) is 0 Å². The van der Waals surface area contributed by atoms with Gasteiger partial charge in [0, 0.05) is 14.2 Å². The lowest BCUT2D eigenvalue weighted by atomic mass is 10.3. The van der Waals surface area contributed by atoms with Crippen molar-refractivity contribution in [2.24, 2.45) is 0 Å². The van der Waals surface area contributed by atoms with E-state index in [1.807, 2.05) is 18.2 Å². The molecule has 0 bridgehead atoms. The van der Waals surface area contributed by atoms with Gasteiger partial charge in [-0.15, -0.1) is 0 Å². The lowest BCUT2D eigenvalue weighted by Gasteiger charge is -2.10. The Kier molecular flexibility index (Phi) is 4.11. The normalized spacial score (nSPS) is 10.3. The quantitative estimate of drug-likeness (QED) is 0.702. The first-order chi connectivity index (χ1) is 8.06. The van der Waals surface area contributed by atoms with Crippen LogP contribution >= 0.6 is 50.1 Å². The van der Waals surface area contributed by atoms with Gasteiger partial charge in [-0.3, -0.25) is 0 Å². The summed E-state index contributed by atoms with van der Waals surface area (Å²) >= 11 is 11.6. The Morgan fingerprint density at radius 1 is 1.35 bits per heavy atom. The second kappa shape index (κ2) is 5.41. The van der Waals surface area contributed by atoms with Crippen molar-refractivity contribution in [1.29, 1.82) is 0 Å². The molecule has 1 heterocycles. The molecule has 0 unspecified atom stereocenters. The van der Waals surface area contributed by atoms with E-state index < -0.39 is 0 Å². The first-order valence-electron chi connectivity index (χ1n) is 4.69. The van der Waals surface area contributed by atoms with Crippen LogP contribution in [0.25, 0.3) is 0 Å². The van der Waals surface area contributed by atoms with E-state index in [0.29, 0.717) is 16.5 Å². The topological polar surface area (TPSA) is 50.9 Å². The Labute approximate surface area is 126 Å². The molecule has 1 aromatic heterocycles. The lowest BCUT2D eigenvalue weighted by molar-refractivity contribution is 1.29. The van der Waals surface area contributed by atoms with Gasteiger partial charge in [0.05, 0.1) is 16.4 Å². The maximum Gasteiger partial charge on any atom is 0.153 e. The minimum absolute atomic E-state index is 0.564. The third-order valence-electron chi connectivity index (χ3n) is 2.07. The summed E-state index contributed by atoms with van der Waals surface area (Å²) < 4.78 is 1.93. The van der Waals surface area contributed by atoms with E-state index in [1.165, 1.54) is 0 Å². The Hall–Kier alpha value is -0.530. The van der Waals surface area contributed by atoms with Crippen LogP contribution in [-0.2, 0) is 0 Å². The molecule has 2 rings (SSSR count). The molecule has 6 heteroatoms. The van der Waals surface area contributed by atoms with E-state index in [2.05, 4.69) is 48.8 Å². The number of benzene rings is 1. The van der Waals surface area contributed by atoms with Crippen molar-refractivity contribution in [1.82, 2.24) is 4.98 Å². The van der Waals surface area contributed by atoms with Gasteiger partial charge >= 0.3 is 0 Å². The van der Waals surface area contributed by atoms with Crippen molar-refractivity contribution < 1.29 is 0 Å². The number of anilines is 3. The number of rotatable bonds is 2. The first-order valence-corrected chi connectivity index (χ1v) is 6.94. The van der Waals surface area contributed by atoms with Gasteiger partial charge in [0.15, 0.2) is 5.82 Å². The van der Waals surface area contributed by atoms with Crippen LogP contribution in [-0.4, -0.2) is 4.98 Å². The number of hydrogen-bond acceptors (Lipinski definition) is 3. The third kappa shape index (κ3) is 3.23. The number of nitrogens with zero attached hydrogens (tertiary/aromatic N) is 1. The van der Waals surface area contributed by atoms with E-state index in [0.717, 1.165) is 13.7 Å². The van der Waals surface area contributed by atoms with Crippen LogP contribution < -0.4 is 11.1 Å². The number of nitrogens with one attached hydrogen (secondary N) is 1. The molecule has 3 nitrogen and oxygen atoms in total. The largest absolute Gasteiger partial charge is 0.396 e. The van der Waals surface area contributed by atoms with Crippen molar-refractivity contribution in [2.75, 3.05) is 11.1 Å². The molecule has 0 radical (unpaired) electrons. The Morgan fingerprint density at radius 2 is 2.12 bits per heavy atom. The van der Waals surface area contributed by atoms with Crippen LogP contribution in [0.4, 0.5) is 17.2 Å². The Bertz CT molecular complexity index is 562. The Balaban J connectivity index is 2.34. The molecule has 1 aromatic carbocycles. The summed E-state index contributed by atoms with van der Waals surface area (Å²) in [4.78, 5) is 4.20. The zero-order valence-corrected chi connectivity index (χ0v) is 13.0. The summed E-state index contributed by atoms with van der Waals surface area (Å²) in [6.07, 6.45) is 1.68. The van der Waals surface area contributed by atoms with E-state index >= 15 is 0 Å². The molecular formula is C11H8BrClIN3. The van der Waals surface area contributed by atoms with Crippen molar-refractivity contribution in [3.8, 4) is 0 Å². The van der Waals surface area contributed by atoms with Crippen LogP contribution in [0.15, 0.2) is 34.9 Å². The summed E-state index contributed by atoms with van der Waals surface area (Å²) in [5.41, 5.74) is 7.21. The van der Waals surface area contributed by atoms with Crippen molar-refractivity contribution >= 4 is 67.3 Å². The monoisotopic (exact) mass is 423 g/mol. The summed E-state index contributed by atoms with van der Waals surface area (Å²) in [5, 5.41) is 3.75. The number of pyridine rings is 1. The molecule has 3 N–H and O–H groups in total. The number of nitrogens with two attached hydrogens (primary N) is 1. The van der Waals surface area contributed by atoms with Crippen molar-refractivity contribution in [2.45, 2.75) is 0 Å². The first kappa shape index (κ1) is 12.9. The smallest absolute Gasteiger partial charge is 0.153 e. The van der Waals surface area contributed by atoms with Crippen LogP contribution in [0, 0.1) is 3.57 Å². The molecule has 0 spiro atoms. The van der Waals surface area contributed by atoms with E-state index in [1.54, 1.807) is 12.3 Å². The Morgan fingerprint density at radius 3 is 2.82 bits per heavy atom. The maximum atomic E-state index is 6.09. The minimum atomic E-state index is 0.564. The summed E-state index contributed by atoms with van der Waals surface area (Å²) in [6, 6.07) is 7.50. The van der Waals surface area contributed by atoms with E-state index in [4.69, 9.17) is 17.3 Å². The molecular weight excluding hydrogens is 416 g/mol. The van der Waals surface area contributed by atoms with Crippen LogP contribution in [0.5, 0.6) is 0 Å². The van der Waals surface area contributed by atoms with Gasteiger partial charge in [0.1, 0.15) is 0 Å². The number of halogens is 3. The summed E-state index contributed by atoms with van der Waals surface area (Å²) in [7, 11) is 0. The lowest BCUT2D eigenvalue weighted by Crippen LogP contribution is -1.99. The zero-order valence-electron chi connectivity index (χ0n) is 8.55. The van der Waals surface area contributed by atoms with Crippen LogP contribution in [0.2, 0.25) is 5.02 Å². The predicted octanol–water partition coefficient (Wildman–Crippen LogP) is 4.43. The molecule has 17 heavy (non-hydrogen) atoms. The highest BCUT2D eigenvalue weighted by Crippen LogP contribution is 2.29. The number of hydrogen-bond donors (Lipinski definition) is 2. The minimum Gasteiger partial charge on any atom is -0.396 e. The summed E-state index contributed by atoms with van der Waals surface area (Å²) in [5.74, 6) is 0.595. The average molecular weight is 424 g/mol. The average Bonchev–Trinajstić information content (AvgIpc) is 2.27. The standard InChI is InChI=1S/C11H8BrClIN3/c12-6-3-9(15)11(16-5-6)17-10-4-7(14)1-2-8(10)13/h1-5H,15H2,(H,16,17). The fraction of sp³-hybridized carbons (Fsp3) is 0. The van der Waals surface area contributed by atoms with Gasteiger partial charge in [-0.25, -0.2) is 4.98 Å². The number of aromatic nitrogens is 1. The molecule has 0 aliphatic heterocycles. The highest BCUT2D eigenvalue weighted by molar-refractivity contribution is 14.1. The van der Waals surface area contributed by atoms with Gasteiger partial charge in [0.25, 0.3) is 0 Å².